The summed E-state index contributed by atoms with van der Waals surface area (Å²) in [6.07, 6.45) is 3.77. The lowest BCUT2D eigenvalue weighted by Gasteiger charge is -2.37. The number of hydrogen-bond acceptors (Lipinski definition) is 6. The summed E-state index contributed by atoms with van der Waals surface area (Å²) in [7, 11) is 1.25. The summed E-state index contributed by atoms with van der Waals surface area (Å²) in [5.41, 5.74) is 1.47. The second-order valence-electron chi connectivity index (χ2n) is 9.97. The van der Waals surface area contributed by atoms with Gasteiger partial charge in [-0.2, -0.15) is 0 Å². The number of anilines is 1. The lowest BCUT2D eigenvalue weighted by molar-refractivity contribution is -0.135. The Balaban J connectivity index is 1.68. The molecule has 7 nitrogen and oxygen atoms in total. The van der Waals surface area contributed by atoms with E-state index in [1.165, 1.54) is 13.2 Å². The lowest BCUT2D eigenvalue weighted by Crippen LogP contribution is -2.48. The SMILES string of the molecule is COC(=O)c1ccccc1N1C(=O)C2C(C1=O)C1c3ccccc3C=CN1C2C(=O)C(C)(C)C. The first kappa shape index (κ1) is 22.1. The molecule has 0 radical (unpaired) electrons. The number of hydrogen-bond donors (Lipinski definition) is 0. The highest BCUT2D eigenvalue weighted by molar-refractivity contribution is 6.25. The maximum absolute atomic E-state index is 13.9. The van der Waals surface area contributed by atoms with E-state index in [0.717, 1.165) is 16.0 Å². The predicted molar refractivity (Wildman–Crippen MR) is 126 cm³/mol. The zero-order valence-corrected chi connectivity index (χ0v) is 19.5. The Hall–Kier alpha value is -3.74. The maximum atomic E-state index is 13.9. The number of methoxy groups -OCH3 is 1. The van der Waals surface area contributed by atoms with Crippen molar-refractivity contribution in [3.8, 4) is 0 Å². The first-order chi connectivity index (χ1) is 16.2. The summed E-state index contributed by atoms with van der Waals surface area (Å²) in [5.74, 6) is -3.21. The number of para-hydroxylation sites is 1. The standard InChI is InChI=1S/C27H26N2O5/c1-27(2,3)23(30)22-20-19(21-16-10-6-5-9-15(16)13-14-28(21)22)24(31)29(25(20)32)18-12-8-7-11-17(18)26(33)34-4/h5-14,19-22H,1-4H3. The molecular formula is C27H26N2O5. The molecule has 2 aromatic carbocycles. The highest BCUT2D eigenvalue weighted by Crippen LogP contribution is 2.54. The van der Waals surface area contributed by atoms with Gasteiger partial charge in [0.25, 0.3) is 0 Å². The highest BCUT2D eigenvalue weighted by Gasteiger charge is 2.65. The second kappa shape index (κ2) is 7.65. The van der Waals surface area contributed by atoms with Crippen LogP contribution in [0.25, 0.3) is 6.08 Å². The molecule has 0 saturated carbocycles. The van der Waals surface area contributed by atoms with Gasteiger partial charge in [-0.3, -0.25) is 14.4 Å². The van der Waals surface area contributed by atoms with Gasteiger partial charge in [-0.15, -0.1) is 0 Å². The highest BCUT2D eigenvalue weighted by atomic mass is 16.5. The number of ether oxygens (including phenoxy) is 1. The molecule has 5 rings (SSSR count). The molecule has 0 aromatic heterocycles. The van der Waals surface area contributed by atoms with Crippen molar-refractivity contribution in [3.05, 3.63) is 71.4 Å². The Morgan fingerprint density at radius 3 is 2.26 bits per heavy atom. The van der Waals surface area contributed by atoms with Gasteiger partial charge in [0.15, 0.2) is 5.78 Å². The first-order valence-electron chi connectivity index (χ1n) is 11.3. The number of imide groups is 1. The molecule has 3 aliphatic rings. The van der Waals surface area contributed by atoms with Crippen molar-refractivity contribution < 1.29 is 23.9 Å². The summed E-state index contributed by atoms with van der Waals surface area (Å²) in [4.78, 5) is 56.9. The zero-order valence-electron chi connectivity index (χ0n) is 19.5. The third kappa shape index (κ3) is 3.03. The van der Waals surface area contributed by atoms with E-state index in [4.69, 9.17) is 4.74 Å². The molecule has 2 amide bonds. The van der Waals surface area contributed by atoms with Crippen LogP contribution in [0, 0.1) is 17.3 Å². The van der Waals surface area contributed by atoms with Gasteiger partial charge in [0, 0.05) is 11.6 Å². The zero-order chi connectivity index (χ0) is 24.4. The molecule has 0 N–H and O–H groups in total. The van der Waals surface area contributed by atoms with E-state index in [-0.39, 0.29) is 17.0 Å². The van der Waals surface area contributed by atoms with Gasteiger partial charge in [-0.25, -0.2) is 9.69 Å². The molecule has 3 aliphatic heterocycles. The molecule has 2 aromatic rings. The molecule has 2 fully saturated rings. The van der Waals surface area contributed by atoms with E-state index in [1.807, 2.05) is 62.2 Å². The van der Waals surface area contributed by atoms with Crippen LogP contribution in [-0.4, -0.2) is 41.6 Å². The third-order valence-electron chi connectivity index (χ3n) is 7.02. The van der Waals surface area contributed by atoms with E-state index in [0.29, 0.717) is 0 Å². The van der Waals surface area contributed by atoms with Crippen LogP contribution in [0.4, 0.5) is 5.69 Å². The Morgan fingerprint density at radius 2 is 1.56 bits per heavy atom. The number of Topliss-reactive ketones (excluding diaryl/α,β-unsaturated/α-hetero) is 1. The molecule has 7 heteroatoms. The van der Waals surface area contributed by atoms with Crippen LogP contribution >= 0.6 is 0 Å². The smallest absolute Gasteiger partial charge is 0.339 e. The van der Waals surface area contributed by atoms with Crippen molar-refractivity contribution in [2.24, 2.45) is 17.3 Å². The summed E-state index contributed by atoms with van der Waals surface area (Å²) in [5, 5.41) is 0. The van der Waals surface area contributed by atoms with Crippen LogP contribution in [0.3, 0.4) is 0 Å². The predicted octanol–water partition coefficient (Wildman–Crippen LogP) is 3.60. The number of benzene rings is 2. The lowest BCUT2D eigenvalue weighted by atomic mass is 9.79. The molecule has 0 bridgehead atoms. The molecule has 3 heterocycles. The van der Waals surface area contributed by atoms with Gasteiger partial charge in [-0.1, -0.05) is 57.2 Å². The Kier molecular flexibility index (Phi) is 4.97. The molecule has 174 valence electrons. The van der Waals surface area contributed by atoms with Crippen LogP contribution in [0.2, 0.25) is 0 Å². The average Bonchev–Trinajstić information content (AvgIpc) is 3.30. The average molecular weight is 459 g/mol. The maximum Gasteiger partial charge on any atom is 0.339 e. The number of fused-ring (bicyclic) bond motifs is 5. The van der Waals surface area contributed by atoms with Crippen molar-refractivity contribution in [2.45, 2.75) is 32.9 Å². The molecule has 2 saturated heterocycles. The van der Waals surface area contributed by atoms with Gasteiger partial charge in [0.1, 0.15) is 6.04 Å². The number of nitrogens with zero attached hydrogens (tertiary/aromatic N) is 2. The fraction of sp³-hybridized carbons (Fsp3) is 0.333. The van der Waals surface area contributed by atoms with Crippen LogP contribution < -0.4 is 4.90 Å². The van der Waals surface area contributed by atoms with E-state index in [2.05, 4.69) is 0 Å². The molecule has 4 atom stereocenters. The van der Waals surface area contributed by atoms with Crippen molar-refractivity contribution in [3.63, 3.8) is 0 Å². The Labute approximate surface area is 198 Å². The van der Waals surface area contributed by atoms with E-state index >= 15 is 0 Å². The van der Waals surface area contributed by atoms with Crippen molar-refractivity contribution in [1.82, 2.24) is 4.90 Å². The minimum atomic E-state index is -0.856. The second-order valence-corrected chi connectivity index (χ2v) is 9.97. The largest absolute Gasteiger partial charge is 0.465 e. The van der Waals surface area contributed by atoms with Gasteiger partial charge < -0.3 is 9.64 Å². The molecule has 0 aliphatic carbocycles. The van der Waals surface area contributed by atoms with Crippen LogP contribution in [0.15, 0.2) is 54.7 Å². The quantitative estimate of drug-likeness (QED) is 0.516. The van der Waals surface area contributed by atoms with Gasteiger partial charge in [0.05, 0.1) is 36.2 Å². The van der Waals surface area contributed by atoms with Crippen LogP contribution in [-0.2, 0) is 19.1 Å². The summed E-state index contributed by atoms with van der Waals surface area (Å²) < 4.78 is 4.88. The van der Waals surface area contributed by atoms with Crippen molar-refractivity contribution >= 4 is 35.3 Å². The van der Waals surface area contributed by atoms with E-state index in [1.54, 1.807) is 18.2 Å². The molecule has 0 spiro atoms. The molecule has 34 heavy (non-hydrogen) atoms. The number of carbonyl (C=O) groups excluding carboxylic acids is 4. The van der Waals surface area contributed by atoms with Crippen LogP contribution in [0.1, 0.15) is 48.3 Å². The van der Waals surface area contributed by atoms with Crippen molar-refractivity contribution in [1.29, 1.82) is 0 Å². The van der Waals surface area contributed by atoms with Gasteiger partial charge in [0.2, 0.25) is 11.8 Å². The molecule has 4 unspecified atom stereocenters. The minimum absolute atomic E-state index is 0.0988. The summed E-state index contributed by atoms with van der Waals surface area (Å²) in [6.45, 7) is 5.47. The fourth-order valence-corrected chi connectivity index (χ4v) is 5.49. The number of amides is 2. The molecular weight excluding hydrogens is 432 g/mol. The first-order valence-corrected chi connectivity index (χ1v) is 11.3. The van der Waals surface area contributed by atoms with Gasteiger partial charge in [-0.05, 0) is 29.3 Å². The summed E-state index contributed by atoms with van der Waals surface area (Å²) >= 11 is 0. The number of carbonyl (C=O) groups is 4. The van der Waals surface area contributed by atoms with Crippen LogP contribution in [0.5, 0.6) is 0 Å². The third-order valence-corrected chi connectivity index (χ3v) is 7.02. The fourth-order valence-electron chi connectivity index (χ4n) is 5.49. The van der Waals surface area contributed by atoms with Crippen molar-refractivity contribution in [2.75, 3.05) is 12.0 Å². The van der Waals surface area contributed by atoms with Gasteiger partial charge >= 0.3 is 5.97 Å². The monoisotopic (exact) mass is 458 g/mol. The Morgan fingerprint density at radius 1 is 0.912 bits per heavy atom. The topological polar surface area (TPSA) is 84.0 Å². The normalized spacial score (nSPS) is 25.2. The minimum Gasteiger partial charge on any atom is -0.465 e. The number of rotatable bonds is 3. The summed E-state index contributed by atoms with van der Waals surface area (Å²) in [6, 6.07) is 12.9. The van der Waals surface area contributed by atoms with E-state index in [9.17, 15) is 19.2 Å². The number of ketones is 1. The number of esters is 1. The Bertz CT molecular complexity index is 1260. The van der Waals surface area contributed by atoms with E-state index < -0.39 is 47.1 Å².